The second-order valence-electron chi connectivity index (χ2n) is 22.0. The molecule has 2 nitrogen and oxygen atoms in total. The summed E-state index contributed by atoms with van der Waals surface area (Å²) < 4.78 is 0. The molecule has 0 bridgehead atoms. The van der Waals surface area contributed by atoms with Crippen LogP contribution in [0.3, 0.4) is 0 Å². The lowest BCUT2D eigenvalue weighted by atomic mass is 9.17. The van der Waals surface area contributed by atoms with Crippen molar-refractivity contribution in [2.75, 3.05) is 0 Å². The van der Waals surface area contributed by atoms with E-state index in [0.717, 1.165) is 33.6 Å². The highest BCUT2D eigenvalue weighted by atomic mass is 14.9. The number of benzene rings is 8. The van der Waals surface area contributed by atoms with Gasteiger partial charge in [0.15, 0.2) is 5.82 Å². The van der Waals surface area contributed by atoms with E-state index in [0.29, 0.717) is 5.82 Å². The lowest BCUT2D eigenvalue weighted by Crippen LogP contribution is -2.57. The molecule has 0 saturated heterocycles. The van der Waals surface area contributed by atoms with Crippen molar-refractivity contribution in [2.45, 2.75) is 15.6 Å². The Hall–Kier alpha value is -5.67. The summed E-state index contributed by atoms with van der Waals surface area (Å²) in [6, 6.07) is 45.6. The summed E-state index contributed by atoms with van der Waals surface area (Å²) in [5.41, 5.74) is 28.2. The predicted octanol–water partition coefficient (Wildman–Crippen LogP) is -8.34. The highest BCUT2D eigenvalue weighted by Gasteiger charge is 2.58. The predicted molar refractivity (Wildman–Crippen MR) is 341 cm³/mol. The maximum Gasteiger partial charge on any atom is 0.160 e. The normalized spacial score (nSPS) is 13.1. The molecule has 1 heterocycles. The van der Waals surface area contributed by atoms with Gasteiger partial charge in [0.1, 0.15) is 70.6 Å². The lowest BCUT2D eigenvalue weighted by molar-refractivity contribution is 0.540. The summed E-state index contributed by atoms with van der Waals surface area (Å²) in [5, 5.41) is 5.05. The van der Waals surface area contributed by atoms with Crippen LogP contribution in [-0.2, 0) is 5.41 Å². The molecule has 0 N–H and O–H groups in total. The van der Waals surface area contributed by atoms with Gasteiger partial charge in [-0.1, -0.05) is 164 Å². The summed E-state index contributed by atoms with van der Waals surface area (Å²) >= 11 is 0. The molecule has 0 saturated carbocycles. The maximum atomic E-state index is 5.38. The molecule has 17 heteroatoms. The molecule has 0 amide bonds. The summed E-state index contributed by atoms with van der Waals surface area (Å²) in [6.45, 7) is 0. The summed E-state index contributed by atoms with van der Waals surface area (Å²) in [6.07, 6.45) is 0. The Morgan fingerprint density at radius 2 is 0.794 bits per heavy atom. The van der Waals surface area contributed by atoms with Crippen molar-refractivity contribution in [1.29, 1.82) is 0 Å². The fourth-order valence-corrected chi connectivity index (χ4v) is 13.4. The Bertz CT molecular complexity index is 3570. The molecule has 0 fully saturated rings. The van der Waals surface area contributed by atoms with Crippen LogP contribution in [0.2, 0.25) is 10.2 Å². The average molecular weight is 854 g/mol. The van der Waals surface area contributed by atoms with Gasteiger partial charge in [-0.25, -0.2) is 9.97 Å². The van der Waals surface area contributed by atoms with E-state index < -0.39 is 0 Å². The minimum absolute atomic E-state index is 0.129. The zero-order valence-electron chi connectivity index (χ0n) is 43.0. The van der Waals surface area contributed by atoms with E-state index in [4.69, 9.17) is 9.97 Å². The highest BCUT2D eigenvalue weighted by Crippen LogP contribution is 2.63. The van der Waals surface area contributed by atoms with E-state index in [2.05, 4.69) is 239 Å². The van der Waals surface area contributed by atoms with Crippen molar-refractivity contribution in [3.05, 3.63) is 139 Å². The van der Waals surface area contributed by atoms with Crippen LogP contribution in [-0.4, -0.2) is 128 Å². The largest absolute Gasteiger partial charge is 0.228 e. The number of hydrogen-bond donors (Lipinski definition) is 0. The topological polar surface area (TPSA) is 25.8 Å². The van der Waals surface area contributed by atoms with E-state index in [1.54, 1.807) is 0 Å². The summed E-state index contributed by atoms with van der Waals surface area (Å²) in [7, 11) is 36.5. The smallest absolute Gasteiger partial charge is 0.160 e. The average Bonchev–Trinajstić information content (AvgIpc) is 3.69. The van der Waals surface area contributed by atoms with Gasteiger partial charge in [0.05, 0.1) is 58.5 Å². The molecule has 1 aromatic heterocycles. The molecule has 0 atom stereocenters. The van der Waals surface area contributed by atoms with E-state index in [1.165, 1.54) is 110 Å². The van der Waals surface area contributed by atoms with Gasteiger partial charge in [-0.15, -0.1) is 10.9 Å². The Kier molecular flexibility index (Phi) is 11.2. The third-order valence-electron chi connectivity index (χ3n) is 16.5. The minimum atomic E-state index is -0.303. The zero-order chi connectivity index (χ0) is 48.4. The highest BCUT2D eigenvalue weighted by molar-refractivity contribution is 6.72. The Balaban J connectivity index is 1.25. The van der Waals surface area contributed by atoms with Crippen LogP contribution < -0.4 is 49.2 Å². The van der Waals surface area contributed by atoms with Crippen molar-refractivity contribution < 1.29 is 0 Å². The van der Waals surface area contributed by atoms with Gasteiger partial charge in [0.2, 0.25) is 0 Å². The third-order valence-corrected chi connectivity index (χ3v) is 16.5. The first-order chi connectivity index (χ1) is 32.3. The molecule has 1 aliphatic carbocycles. The van der Waals surface area contributed by atoms with Crippen molar-refractivity contribution in [1.82, 2.24) is 9.97 Å². The van der Waals surface area contributed by atoms with Gasteiger partial charge in [0.25, 0.3) is 0 Å². The second-order valence-corrected chi connectivity index (χ2v) is 22.0. The summed E-state index contributed by atoms with van der Waals surface area (Å²) in [4.78, 5) is 10.6. The van der Waals surface area contributed by atoms with Gasteiger partial charge in [0, 0.05) is 16.7 Å². The van der Waals surface area contributed by atoms with Crippen LogP contribution in [0.1, 0.15) is 11.1 Å². The molecule has 8 aromatic carbocycles. The van der Waals surface area contributed by atoms with Crippen LogP contribution in [0.15, 0.2) is 127 Å². The van der Waals surface area contributed by atoms with Gasteiger partial charge in [-0.05, 0) is 83.6 Å². The number of hydrogen-bond acceptors (Lipinski definition) is 2. The van der Waals surface area contributed by atoms with E-state index >= 15 is 0 Å². The molecule has 0 unspecified atom stereocenters. The molecule has 0 radical (unpaired) electrons. The molecule has 0 spiro atoms. The monoisotopic (exact) mass is 857 g/mol. The third kappa shape index (κ3) is 6.68. The van der Waals surface area contributed by atoms with E-state index in [1.807, 2.05) is 6.07 Å². The van der Waals surface area contributed by atoms with E-state index in [-0.39, 0.29) is 15.6 Å². The molecule has 68 heavy (non-hydrogen) atoms. The first-order valence-electron chi connectivity index (χ1n) is 24.6. The Morgan fingerprint density at radius 1 is 0.338 bits per heavy atom. The first-order valence-corrected chi connectivity index (χ1v) is 24.6. The van der Waals surface area contributed by atoms with Crippen LogP contribution in [0.4, 0.5) is 0 Å². The van der Waals surface area contributed by atoms with Crippen LogP contribution in [0.25, 0.3) is 88.8 Å². The van der Waals surface area contributed by atoms with Gasteiger partial charge >= 0.3 is 0 Å². The van der Waals surface area contributed by atoms with Crippen molar-refractivity contribution in [3.63, 3.8) is 0 Å². The molecule has 0 aliphatic heterocycles. The summed E-state index contributed by atoms with van der Waals surface area (Å²) in [5.74, 6) is 0.714. The Labute approximate surface area is 417 Å². The van der Waals surface area contributed by atoms with Crippen molar-refractivity contribution in [2.24, 2.45) is 0 Å². The quantitative estimate of drug-likeness (QED) is 0.149. The first kappa shape index (κ1) is 46.1. The second kappa shape index (κ2) is 16.5. The van der Waals surface area contributed by atoms with Crippen LogP contribution in [0.5, 0.6) is 0 Å². The fourth-order valence-electron chi connectivity index (χ4n) is 13.4. The van der Waals surface area contributed by atoms with Gasteiger partial charge < -0.3 is 0 Å². The maximum absolute atomic E-state index is 5.38. The number of aromatic nitrogens is 2. The molecule has 9 aromatic rings. The molecular weight excluding hydrogens is 803 g/mol. The minimum Gasteiger partial charge on any atom is -0.228 e. The molecule has 310 valence electrons. The SMILES string of the molecule is Bc1c(B)c2c(c(B)c1-c1ccc(-c3cc(-c4cccc(-c5ccccc5)c4)nc(-c4ccccc4)n3)c3ccccc13)C(C(B)(B)B)(C(B)(B)B)c1c-2c(B)c2c(B)c(B)c(B)c(B)c2c1B. The van der Waals surface area contributed by atoms with Crippen LogP contribution >= 0.6 is 0 Å². The lowest BCUT2D eigenvalue weighted by Gasteiger charge is -2.56. The zero-order valence-corrected chi connectivity index (χ0v) is 43.0. The number of rotatable bonds is 7. The van der Waals surface area contributed by atoms with Crippen LogP contribution in [0, 0.1) is 0 Å². The van der Waals surface area contributed by atoms with Crippen molar-refractivity contribution in [3.8, 4) is 67.3 Å². The van der Waals surface area contributed by atoms with Crippen molar-refractivity contribution >= 4 is 188 Å². The number of nitrogens with zero attached hydrogens (tertiary/aromatic N) is 2. The fraction of sp³-hybridized carbons (Fsp3) is 0.0588. The van der Waals surface area contributed by atoms with Gasteiger partial charge in [-0.3, -0.25) is 0 Å². The molecule has 10 rings (SSSR count). The van der Waals surface area contributed by atoms with E-state index in [9.17, 15) is 0 Å². The molecule has 1 aliphatic rings. The van der Waals surface area contributed by atoms with Gasteiger partial charge in [-0.2, -0.15) is 0 Å². The standard InChI is InChI=1S/C51H51B15N2/c52-39-33-34-38(49(50(61,62)63,51(64,65)66)37(33)41(54)36-35(39)44(57)46(59)47(60)45(36)58)40(53)32(42(55)43(34)56)29-19-18-28(26-16-7-8-17-27(26)29)31-21-30(67-48(68-31)23-12-5-2-6-13-23)25-15-9-14-24(20-25)22-10-3-1-4-11-22/h1-21H,52-66H2. The Morgan fingerprint density at radius 3 is 1.40 bits per heavy atom. The molecular formula is C51H51B15N2. The number of fused-ring (bicyclic) bond motifs is 5.